The predicted octanol–water partition coefficient (Wildman–Crippen LogP) is 5.06. The molecule has 2 aliphatic rings. The number of carbonyl (C=O) groups is 3. The largest absolute Gasteiger partial charge is 0.453 e. The van der Waals surface area contributed by atoms with Crippen LogP contribution >= 0.6 is 0 Å². The zero-order valence-electron chi connectivity index (χ0n) is 29.2. The van der Waals surface area contributed by atoms with Gasteiger partial charge in [-0.25, -0.2) is 24.7 Å². The molecule has 3 aromatic heterocycles. The van der Waals surface area contributed by atoms with Crippen LogP contribution in [0.25, 0.3) is 33.9 Å². The Morgan fingerprint density at radius 1 is 0.780 bits per heavy atom. The van der Waals surface area contributed by atoms with Crippen LogP contribution < -0.4 is 5.32 Å². The molecule has 3 amide bonds. The summed E-state index contributed by atoms with van der Waals surface area (Å²) in [7, 11) is 2.94. The van der Waals surface area contributed by atoms with Gasteiger partial charge in [-0.2, -0.15) is 0 Å². The number of rotatable bonds is 11. The van der Waals surface area contributed by atoms with E-state index in [2.05, 4.69) is 40.0 Å². The third kappa shape index (κ3) is 7.39. The number of amides is 3. The number of benzene rings is 1. The summed E-state index contributed by atoms with van der Waals surface area (Å²) >= 11 is 0. The monoisotopic (exact) mass is 683 g/mol. The smallest absolute Gasteiger partial charge is 0.407 e. The van der Waals surface area contributed by atoms with Crippen LogP contribution in [0.3, 0.4) is 0 Å². The molecule has 2 aliphatic heterocycles. The number of hydrogen-bond acceptors (Lipinski definition) is 9. The number of nitrogens with one attached hydrogen (secondary N) is 3. The maximum absolute atomic E-state index is 13.3. The van der Waals surface area contributed by atoms with Gasteiger partial charge in [0.05, 0.1) is 49.1 Å². The number of alkyl carbamates (subject to hydrolysis) is 1. The second-order valence-corrected chi connectivity index (χ2v) is 13.2. The molecule has 1 aromatic carbocycles. The SMILES string of the molecule is COC(=O)N[C@@H](C)C(=O)N1CCC[C@H]1c1ncc(-c2ccc(-c3ncc(-c4cnc([C@@H]5CCCN5C(=O)[C@H](C)CC(C)OC)[nH]4)cn3)cc2)[nH]1. The molecule has 0 aliphatic carbocycles. The number of methoxy groups -OCH3 is 2. The van der Waals surface area contributed by atoms with E-state index < -0.39 is 12.1 Å². The molecule has 0 radical (unpaired) electrons. The fourth-order valence-corrected chi connectivity index (χ4v) is 6.87. The quantitative estimate of drug-likeness (QED) is 0.196. The van der Waals surface area contributed by atoms with Gasteiger partial charge in [0.25, 0.3) is 0 Å². The van der Waals surface area contributed by atoms with Crippen LogP contribution in [-0.4, -0.2) is 97.1 Å². The number of nitrogens with zero attached hydrogens (tertiary/aromatic N) is 6. The van der Waals surface area contributed by atoms with Crippen molar-refractivity contribution < 1.29 is 23.9 Å². The van der Waals surface area contributed by atoms with Crippen molar-refractivity contribution in [2.75, 3.05) is 27.3 Å². The van der Waals surface area contributed by atoms with Gasteiger partial charge in [-0.3, -0.25) is 9.59 Å². The highest BCUT2D eigenvalue weighted by Gasteiger charge is 2.36. The van der Waals surface area contributed by atoms with Gasteiger partial charge < -0.3 is 34.6 Å². The minimum absolute atomic E-state index is 0.0262. The van der Waals surface area contributed by atoms with Crippen LogP contribution in [0, 0.1) is 5.92 Å². The van der Waals surface area contributed by atoms with Crippen LogP contribution in [0.2, 0.25) is 0 Å². The summed E-state index contributed by atoms with van der Waals surface area (Å²) in [5, 5.41) is 2.55. The summed E-state index contributed by atoms with van der Waals surface area (Å²) in [6, 6.07) is 6.90. The van der Waals surface area contributed by atoms with E-state index in [0.29, 0.717) is 24.6 Å². The Balaban J connectivity index is 1.09. The van der Waals surface area contributed by atoms with Gasteiger partial charge in [0.2, 0.25) is 11.8 Å². The lowest BCUT2D eigenvalue weighted by Gasteiger charge is -2.27. The van der Waals surface area contributed by atoms with Gasteiger partial charge in [-0.15, -0.1) is 0 Å². The van der Waals surface area contributed by atoms with Crippen molar-refractivity contribution in [2.24, 2.45) is 5.92 Å². The molecule has 1 unspecified atom stereocenters. The lowest BCUT2D eigenvalue weighted by Crippen LogP contribution is -2.46. The maximum atomic E-state index is 13.3. The maximum Gasteiger partial charge on any atom is 0.407 e. The number of likely N-dealkylation sites (tertiary alicyclic amines) is 2. The van der Waals surface area contributed by atoms with Crippen LogP contribution in [0.4, 0.5) is 4.79 Å². The summed E-state index contributed by atoms with van der Waals surface area (Å²) in [4.78, 5) is 66.9. The molecule has 0 bridgehead atoms. The molecule has 5 atom stereocenters. The topological polar surface area (TPSA) is 171 Å². The number of carbonyl (C=O) groups excluding carboxylic acids is 3. The Bertz CT molecular complexity index is 1790. The molecule has 50 heavy (non-hydrogen) atoms. The normalized spacial score (nSPS) is 19.3. The standard InChI is InChI=1S/C36H45N9O5/c1-21(16-22(2)49-4)34(46)44-14-6-8-29(44)32-40-20-28(43-32)26-17-37-31(38-18-26)25-12-10-24(11-13-25)27-19-39-33(42-27)30-9-7-15-45(30)35(47)23(3)41-36(48)50-5/h10-13,17-23,29-30H,6-9,14-16H2,1-5H3,(H,39,42)(H,40,43)(H,41,48)/t21-,22?,23+,29+,30+/m1/s1. The first-order valence-corrected chi connectivity index (χ1v) is 17.2. The van der Waals surface area contributed by atoms with Crippen molar-refractivity contribution >= 4 is 17.9 Å². The highest BCUT2D eigenvalue weighted by molar-refractivity contribution is 5.85. The highest BCUT2D eigenvalue weighted by Crippen LogP contribution is 2.34. The van der Waals surface area contributed by atoms with E-state index in [1.54, 1.807) is 43.7 Å². The second-order valence-electron chi connectivity index (χ2n) is 13.2. The third-order valence-corrected chi connectivity index (χ3v) is 9.71. The number of H-pyrrole nitrogens is 2. The first-order valence-electron chi connectivity index (χ1n) is 17.2. The van der Waals surface area contributed by atoms with Crippen LogP contribution in [0.5, 0.6) is 0 Å². The molecule has 264 valence electrons. The van der Waals surface area contributed by atoms with Gasteiger partial charge in [-0.05, 0) is 51.5 Å². The van der Waals surface area contributed by atoms with E-state index in [0.717, 1.165) is 66.1 Å². The van der Waals surface area contributed by atoms with E-state index in [1.165, 1.54) is 7.11 Å². The number of aromatic amines is 2. The molecule has 0 spiro atoms. The van der Waals surface area contributed by atoms with Gasteiger partial charge in [0.1, 0.15) is 17.7 Å². The first-order chi connectivity index (χ1) is 24.2. The Hall–Kier alpha value is -5.11. The van der Waals surface area contributed by atoms with Gasteiger partial charge in [0, 0.05) is 49.6 Å². The number of hydrogen-bond donors (Lipinski definition) is 3. The molecule has 0 saturated carbocycles. The molecule has 5 heterocycles. The number of ether oxygens (including phenoxy) is 2. The van der Waals surface area contributed by atoms with Gasteiger partial charge in [0.15, 0.2) is 5.82 Å². The van der Waals surface area contributed by atoms with Crippen LogP contribution in [0.1, 0.15) is 76.6 Å². The van der Waals surface area contributed by atoms with E-state index in [4.69, 9.17) is 4.74 Å². The summed E-state index contributed by atoms with van der Waals surface area (Å²) in [5.41, 5.74) is 4.24. The lowest BCUT2D eigenvalue weighted by molar-refractivity contribution is -0.137. The molecular formula is C36H45N9O5. The zero-order chi connectivity index (χ0) is 35.4. The molecule has 4 aromatic rings. The van der Waals surface area contributed by atoms with Crippen molar-refractivity contribution in [3.05, 3.63) is 60.7 Å². The number of imidazole rings is 2. The number of aromatic nitrogens is 6. The lowest BCUT2D eigenvalue weighted by atomic mass is 10.0. The van der Waals surface area contributed by atoms with Crippen molar-refractivity contribution in [2.45, 2.75) is 77.1 Å². The highest BCUT2D eigenvalue weighted by atomic mass is 16.5. The molecule has 14 heteroatoms. The zero-order valence-corrected chi connectivity index (χ0v) is 29.2. The Labute approximate surface area is 291 Å². The average Bonchev–Trinajstić information content (AvgIpc) is 3.97. The Kier molecular flexibility index (Phi) is 10.6. The van der Waals surface area contributed by atoms with Crippen molar-refractivity contribution in [1.29, 1.82) is 0 Å². The molecule has 3 N–H and O–H groups in total. The minimum Gasteiger partial charge on any atom is -0.453 e. The minimum atomic E-state index is -0.706. The van der Waals surface area contributed by atoms with E-state index >= 15 is 0 Å². The van der Waals surface area contributed by atoms with Gasteiger partial charge in [-0.1, -0.05) is 31.2 Å². The van der Waals surface area contributed by atoms with Crippen LogP contribution in [-0.2, 0) is 19.1 Å². The average molecular weight is 684 g/mol. The fraction of sp³-hybridized carbons (Fsp3) is 0.472. The van der Waals surface area contributed by atoms with Gasteiger partial charge >= 0.3 is 6.09 Å². The second kappa shape index (κ2) is 15.2. The summed E-state index contributed by atoms with van der Waals surface area (Å²) in [6.07, 6.45) is 10.6. The van der Waals surface area contributed by atoms with E-state index in [-0.39, 0.29) is 35.9 Å². The van der Waals surface area contributed by atoms with Crippen molar-refractivity contribution in [3.63, 3.8) is 0 Å². The molecule has 2 saturated heterocycles. The third-order valence-electron chi connectivity index (χ3n) is 9.71. The Morgan fingerprint density at radius 2 is 1.32 bits per heavy atom. The van der Waals surface area contributed by atoms with E-state index in [1.807, 2.05) is 43.0 Å². The molecule has 6 rings (SSSR count). The summed E-state index contributed by atoms with van der Waals surface area (Å²) in [5.74, 6) is 1.91. The Morgan fingerprint density at radius 3 is 1.88 bits per heavy atom. The molecule has 14 nitrogen and oxygen atoms in total. The van der Waals surface area contributed by atoms with Crippen molar-refractivity contribution in [1.82, 2.24) is 45.0 Å². The molecule has 2 fully saturated rings. The summed E-state index contributed by atoms with van der Waals surface area (Å²) < 4.78 is 10.0. The first kappa shape index (κ1) is 34.7. The fourth-order valence-electron chi connectivity index (χ4n) is 6.87. The van der Waals surface area contributed by atoms with Crippen molar-refractivity contribution in [3.8, 4) is 33.9 Å². The van der Waals surface area contributed by atoms with Crippen LogP contribution in [0.15, 0.2) is 49.1 Å². The summed E-state index contributed by atoms with van der Waals surface area (Å²) in [6.45, 7) is 6.91. The molecular weight excluding hydrogens is 638 g/mol. The predicted molar refractivity (Wildman–Crippen MR) is 185 cm³/mol. The van der Waals surface area contributed by atoms with E-state index in [9.17, 15) is 14.4 Å².